The Hall–Kier alpha value is -0.440. The zero-order valence-electron chi connectivity index (χ0n) is 8.61. The third kappa shape index (κ3) is 3.85. The van der Waals surface area contributed by atoms with Crippen LogP contribution in [0.4, 0.5) is 0 Å². The molecule has 2 N–H and O–H groups in total. The lowest BCUT2D eigenvalue weighted by Crippen LogP contribution is -3.15. The van der Waals surface area contributed by atoms with Crippen LogP contribution in [0.1, 0.15) is 19.3 Å². The van der Waals surface area contributed by atoms with E-state index in [0.717, 1.165) is 38.9 Å². The average Bonchev–Trinajstić information content (AvgIpc) is 2.18. The maximum atomic E-state index is 10.9. The van der Waals surface area contributed by atoms with Gasteiger partial charge >= 0.3 is 5.97 Å². The van der Waals surface area contributed by atoms with Crippen molar-refractivity contribution >= 4 is 5.97 Å². The predicted molar refractivity (Wildman–Crippen MR) is 39.5 cm³/mol. The van der Waals surface area contributed by atoms with Crippen LogP contribution in [0.3, 0.4) is 0 Å². The molecular weight excluding hydrogens is 242 g/mol. The van der Waals surface area contributed by atoms with Gasteiger partial charge in [0, 0.05) is 19.3 Å². The Morgan fingerprint density at radius 3 is 1.56 bits per heavy atom. The van der Waals surface area contributed by atoms with Crippen LogP contribution < -0.4 is 23.5 Å². The first-order chi connectivity index (χ1) is 7.23. The number of quaternary nitrogens is 1. The van der Waals surface area contributed by atoms with Crippen LogP contribution in [0, 0.1) is 15.7 Å². The molecule has 3 fully saturated rings. The van der Waals surface area contributed by atoms with E-state index >= 15 is 0 Å². The fourth-order valence-corrected chi connectivity index (χ4v) is 2.32. The van der Waals surface area contributed by atoms with E-state index in [1.165, 1.54) is 0 Å². The molecule has 94 valence electrons. The Balaban J connectivity index is 0.000000221. The van der Waals surface area contributed by atoms with Crippen LogP contribution in [0.5, 0.6) is 0 Å². The molecule has 3 aliphatic heterocycles. The lowest BCUT2D eigenvalue weighted by Gasteiger charge is -2.42. The molecular formula is C8H14ClNO6. The molecule has 0 aromatic rings. The zero-order chi connectivity index (χ0) is 12.4. The molecule has 0 amide bonds. The summed E-state index contributed by atoms with van der Waals surface area (Å²) in [4.78, 5) is 12.5. The second kappa shape index (κ2) is 4.82. The molecule has 16 heavy (non-hydrogen) atoms. The maximum absolute atomic E-state index is 10.9. The molecule has 0 aliphatic carbocycles. The fourth-order valence-electron chi connectivity index (χ4n) is 2.32. The van der Waals surface area contributed by atoms with Crippen molar-refractivity contribution in [3.8, 4) is 0 Å². The number of hydrogen-bond donors (Lipinski definition) is 2. The Morgan fingerprint density at radius 2 is 1.38 bits per heavy atom. The molecule has 3 heterocycles. The smallest absolute Gasteiger partial charge is 0.310 e. The summed E-state index contributed by atoms with van der Waals surface area (Å²) >= 11 is 0. The van der Waals surface area contributed by atoms with Crippen LogP contribution in [0.25, 0.3) is 0 Å². The number of carbonyl (C=O) groups is 1. The first-order valence-corrected chi connectivity index (χ1v) is 6.15. The van der Waals surface area contributed by atoms with Crippen molar-refractivity contribution in [1.29, 1.82) is 0 Å². The Labute approximate surface area is 94.6 Å². The summed E-state index contributed by atoms with van der Waals surface area (Å²) in [6.45, 7) is 3.23. The van der Waals surface area contributed by atoms with E-state index in [1.807, 2.05) is 0 Å². The summed E-state index contributed by atoms with van der Waals surface area (Å²) in [5.74, 6) is -0.559. The number of fused-ring (bicyclic) bond motifs is 3. The molecule has 7 nitrogen and oxygen atoms in total. The van der Waals surface area contributed by atoms with E-state index in [4.69, 9.17) is 23.7 Å². The quantitative estimate of drug-likeness (QED) is 0.480. The van der Waals surface area contributed by atoms with Gasteiger partial charge in [0.05, 0.1) is 25.0 Å². The van der Waals surface area contributed by atoms with Gasteiger partial charge in [-0.2, -0.15) is 0 Å². The largest absolute Gasteiger partial charge is 0.481 e. The molecule has 0 saturated carbocycles. The van der Waals surface area contributed by atoms with Gasteiger partial charge in [-0.15, -0.1) is 10.2 Å². The summed E-state index contributed by atoms with van der Waals surface area (Å²) in [6.07, 6.45) is 2.70. The normalized spacial score (nSPS) is 32.9. The number of carboxylic acids is 1. The summed E-state index contributed by atoms with van der Waals surface area (Å²) in [7, 11) is -4.94. The predicted octanol–water partition coefficient (Wildman–Crippen LogP) is -5.62. The van der Waals surface area contributed by atoms with Crippen molar-refractivity contribution in [3.63, 3.8) is 0 Å². The van der Waals surface area contributed by atoms with Gasteiger partial charge in [-0.3, -0.25) is 4.79 Å². The van der Waals surface area contributed by atoms with Gasteiger partial charge < -0.3 is 10.0 Å². The summed E-state index contributed by atoms with van der Waals surface area (Å²) in [6, 6.07) is 0. The van der Waals surface area contributed by atoms with Gasteiger partial charge in [-0.05, 0) is 0 Å². The van der Waals surface area contributed by atoms with E-state index in [1.54, 1.807) is 4.90 Å². The van der Waals surface area contributed by atoms with E-state index < -0.39 is 16.2 Å². The summed E-state index contributed by atoms with van der Waals surface area (Å²) in [5, 5.41) is 9.00. The highest BCUT2D eigenvalue weighted by Gasteiger charge is 2.47. The molecule has 3 rings (SSSR count). The number of hydrogen-bond acceptors (Lipinski definition) is 5. The molecule has 8 heteroatoms. The van der Waals surface area contributed by atoms with E-state index in [2.05, 4.69) is 0 Å². The van der Waals surface area contributed by atoms with Crippen LogP contribution in [0.15, 0.2) is 0 Å². The van der Waals surface area contributed by atoms with Crippen molar-refractivity contribution in [2.24, 2.45) is 5.41 Å². The van der Waals surface area contributed by atoms with Gasteiger partial charge in [0.25, 0.3) is 0 Å². The van der Waals surface area contributed by atoms with Crippen molar-refractivity contribution in [2.45, 2.75) is 19.3 Å². The standard InChI is InChI=1S/C8H13NO2.ClHO4/c10-7(11)8-1-4-9(5-2-8)6-3-8;2-1(3,4)5/h1-6H2,(H,10,11);(H,2,3,4,5). The Kier molecular flexibility index (Phi) is 4.11. The highest BCUT2D eigenvalue weighted by molar-refractivity contribution is 5.74. The van der Waals surface area contributed by atoms with Crippen molar-refractivity contribution in [1.82, 2.24) is 0 Å². The van der Waals surface area contributed by atoms with Crippen molar-refractivity contribution < 1.29 is 43.7 Å². The molecule has 3 aliphatic rings. The highest BCUT2D eigenvalue weighted by atomic mass is 35.7. The minimum absolute atomic E-state index is 0.318. The Morgan fingerprint density at radius 1 is 1.06 bits per heavy atom. The molecule has 3 saturated heterocycles. The molecule has 2 bridgehead atoms. The lowest BCUT2D eigenvalue weighted by atomic mass is 9.72. The minimum Gasteiger partial charge on any atom is -0.481 e. The number of halogens is 1. The maximum Gasteiger partial charge on any atom is 0.310 e. The van der Waals surface area contributed by atoms with Gasteiger partial charge in [0.15, 0.2) is 0 Å². The molecule has 0 spiro atoms. The van der Waals surface area contributed by atoms with Gasteiger partial charge in [-0.1, -0.05) is 0 Å². The number of nitrogens with one attached hydrogen (secondary N) is 1. The molecule has 0 aromatic heterocycles. The monoisotopic (exact) mass is 255 g/mol. The second-order valence-corrected chi connectivity index (χ2v) is 4.97. The van der Waals surface area contributed by atoms with Crippen LogP contribution in [-0.4, -0.2) is 30.7 Å². The first-order valence-electron chi connectivity index (χ1n) is 4.92. The number of rotatable bonds is 1. The van der Waals surface area contributed by atoms with Gasteiger partial charge in [0.2, 0.25) is 0 Å². The number of aliphatic carboxylic acids is 1. The van der Waals surface area contributed by atoms with Crippen LogP contribution >= 0.6 is 0 Å². The van der Waals surface area contributed by atoms with Crippen molar-refractivity contribution in [3.05, 3.63) is 0 Å². The average molecular weight is 256 g/mol. The topological polar surface area (TPSA) is 134 Å². The first kappa shape index (κ1) is 13.6. The fraction of sp³-hybridized carbons (Fsp3) is 0.875. The van der Waals surface area contributed by atoms with E-state index in [-0.39, 0.29) is 5.41 Å². The number of piperidine rings is 3. The van der Waals surface area contributed by atoms with Gasteiger partial charge in [0.1, 0.15) is 0 Å². The lowest BCUT2D eigenvalue weighted by molar-refractivity contribution is -2.00. The SMILES string of the molecule is O=C(O)C12CC[NH+](CC1)CC2.[O-][Cl+3]([O-])([O-])[O-]. The van der Waals surface area contributed by atoms with Crippen LogP contribution in [-0.2, 0) is 4.79 Å². The second-order valence-electron chi connectivity index (χ2n) is 4.21. The van der Waals surface area contributed by atoms with Crippen molar-refractivity contribution in [2.75, 3.05) is 19.6 Å². The summed E-state index contributed by atoms with van der Waals surface area (Å²) < 4.78 is 34.0. The Bertz CT molecular complexity index is 238. The molecule has 0 radical (unpaired) electrons. The number of carboxylic acid groups (broad SMARTS) is 1. The van der Waals surface area contributed by atoms with Crippen LogP contribution in [0.2, 0.25) is 0 Å². The minimum atomic E-state index is -4.94. The molecule has 0 unspecified atom stereocenters. The highest BCUT2D eigenvalue weighted by Crippen LogP contribution is 2.33. The van der Waals surface area contributed by atoms with E-state index in [9.17, 15) is 4.79 Å². The van der Waals surface area contributed by atoms with Gasteiger partial charge in [-0.25, -0.2) is 18.6 Å². The molecule has 0 atom stereocenters. The third-order valence-corrected chi connectivity index (χ3v) is 3.32. The van der Waals surface area contributed by atoms with E-state index in [0.29, 0.717) is 0 Å². The molecule has 0 aromatic carbocycles. The summed E-state index contributed by atoms with van der Waals surface area (Å²) in [5.41, 5.74) is -0.318. The third-order valence-electron chi connectivity index (χ3n) is 3.32. The zero-order valence-corrected chi connectivity index (χ0v) is 9.36.